The smallest absolute Gasteiger partial charge is 0.262 e. The van der Waals surface area contributed by atoms with Gasteiger partial charge in [0.25, 0.3) is 11.8 Å². The van der Waals surface area contributed by atoms with Gasteiger partial charge in [-0.05, 0) is 49.2 Å². The average molecular weight is 407 g/mol. The minimum absolute atomic E-state index is 0.0197. The van der Waals surface area contributed by atoms with Gasteiger partial charge in [-0.25, -0.2) is 4.39 Å². The minimum Gasteiger partial charge on any atom is -0.483 e. The van der Waals surface area contributed by atoms with Crippen molar-refractivity contribution in [3.05, 3.63) is 65.5 Å². The molecule has 0 heterocycles. The van der Waals surface area contributed by atoms with Crippen LogP contribution >= 0.6 is 0 Å². The molecule has 1 aliphatic carbocycles. The van der Waals surface area contributed by atoms with Crippen molar-refractivity contribution in [1.82, 2.24) is 5.32 Å². The number of carbonyl (C=O) groups excluding carboxylic acids is 2. The van der Waals surface area contributed by atoms with Gasteiger partial charge in [0.15, 0.2) is 6.61 Å². The molecular formula is C23H22FN3O3. The Morgan fingerprint density at radius 1 is 1.13 bits per heavy atom. The number of ether oxygens (including phenoxy) is 1. The predicted molar refractivity (Wildman–Crippen MR) is 111 cm³/mol. The Morgan fingerprint density at radius 3 is 2.53 bits per heavy atom. The van der Waals surface area contributed by atoms with E-state index >= 15 is 0 Å². The first kappa shape index (κ1) is 21.1. The van der Waals surface area contributed by atoms with Crippen LogP contribution in [0.4, 0.5) is 10.1 Å². The van der Waals surface area contributed by atoms with Gasteiger partial charge in [-0.1, -0.05) is 31.0 Å². The lowest BCUT2D eigenvalue weighted by Crippen LogP contribution is -2.33. The molecular weight excluding hydrogens is 385 g/mol. The van der Waals surface area contributed by atoms with Crippen molar-refractivity contribution < 1.29 is 18.7 Å². The first-order valence-corrected chi connectivity index (χ1v) is 9.75. The summed E-state index contributed by atoms with van der Waals surface area (Å²) >= 11 is 0. The van der Waals surface area contributed by atoms with E-state index in [0.29, 0.717) is 17.0 Å². The Balaban J connectivity index is 1.64. The van der Waals surface area contributed by atoms with E-state index in [1.165, 1.54) is 30.3 Å². The van der Waals surface area contributed by atoms with Crippen LogP contribution in [0.25, 0.3) is 6.08 Å². The van der Waals surface area contributed by atoms with Crippen molar-refractivity contribution in [2.24, 2.45) is 0 Å². The summed E-state index contributed by atoms with van der Waals surface area (Å²) in [5.41, 5.74) is 0.951. The zero-order chi connectivity index (χ0) is 21.3. The molecule has 1 saturated carbocycles. The number of carbonyl (C=O) groups is 2. The van der Waals surface area contributed by atoms with Crippen LogP contribution in [-0.4, -0.2) is 24.5 Å². The SMILES string of the molecule is N#C/C(=C/c1ccccc1OCC(=O)Nc1ccc(F)cc1)C(=O)NC1CCCC1. The van der Waals surface area contributed by atoms with Crippen LogP contribution in [0, 0.1) is 17.1 Å². The highest BCUT2D eigenvalue weighted by Gasteiger charge is 2.19. The van der Waals surface area contributed by atoms with E-state index < -0.39 is 17.6 Å². The van der Waals surface area contributed by atoms with Gasteiger partial charge >= 0.3 is 0 Å². The Kier molecular flexibility index (Phi) is 7.17. The molecule has 3 rings (SSSR count). The summed E-state index contributed by atoms with van der Waals surface area (Å²) in [7, 11) is 0. The fourth-order valence-corrected chi connectivity index (χ4v) is 3.24. The number of hydrogen-bond donors (Lipinski definition) is 2. The Labute approximate surface area is 174 Å². The van der Waals surface area contributed by atoms with Gasteiger partial charge in [-0.2, -0.15) is 5.26 Å². The number of benzene rings is 2. The zero-order valence-corrected chi connectivity index (χ0v) is 16.4. The second kappa shape index (κ2) is 10.2. The fraction of sp³-hybridized carbons (Fsp3) is 0.261. The number of halogens is 1. The number of anilines is 1. The molecule has 2 aromatic rings. The molecule has 0 bridgehead atoms. The highest BCUT2D eigenvalue weighted by molar-refractivity contribution is 6.02. The summed E-state index contributed by atoms with van der Waals surface area (Å²) in [4.78, 5) is 24.5. The van der Waals surface area contributed by atoms with Crippen molar-refractivity contribution >= 4 is 23.6 Å². The summed E-state index contributed by atoms with van der Waals surface area (Å²) < 4.78 is 18.5. The van der Waals surface area contributed by atoms with Crippen LogP contribution < -0.4 is 15.4 Å². The van der Waals surface area contributed by atoms with Gasteiger partial charge < -0.3 is 15.4 Å². The maximum Gasteiger partial charge on any atom is 0.262 e. The van der Waals surface area contributed by atoms with Gasteiger partial charge in [0.05, 0.1) is 0 Å². The lowest BCUT2D eigenvalue weighted by atomic mass is 10.1. The van der Waals surface area contributed by atoms with Crippen LogP contribution in [0.5, 0.6) is 5.75 Å². The van der Waals surface area contributed by atoms with E-state index in [1.807, 2.05) is 6.07 Å². The van der Waals surface area contributed by atoms with Crippen LogP contribution in [0.2, 0.25) is 0 Å². The molecule has 7 heteroatoms. The lowest BCUT2D eigenvalue weighted by molar-refractivity contribution is -0.118. The van der Waals surface area contributed by atoms with Crippen molar-refractivity contribution in [1.29, 1.82) is 5.26 Å². The summed E-state index contributed by atoms with van der Waals surface area (Å²) in [5.74, 6) is -0.850. The van der Waals surface area contributed by atoms with Gasteiger partial charge in [0.2, 0.25) is 0 Å². The van der Waals surface area contributed by atoms with E-state index in [9.17, 15) is 19.2 Å². The van der Waals surface area contributed by atoms with E-state index in [-0.39, 0.29) is 18.2 Å². The van der Waals surface area contributed by atoms with E-state index in [4.69, 9.17) is 4.74 Å². The minimum atomic E-state index is -0.417. The molecule has 154 valence electrons. The number of nitrogens with one attached hydrogen (secondary N) is 2. The number of nitriles is 1. The average Bonchev–Trinajstić information content (AvgIpc) is 3.25. The second-order valence-electron chi connectivity index (χ2n) is 7.01. The van der Waals surface area contributed by atoms with E-state index in [0.717, 1.165) is 25.7 Å². The maximum atomic E-state index is 12.9. The zero-order valence-electron chi connectivity index (χ0n) is 16.4. The van der Waals surface area contributed by atoms with Crippen molar-refractivity contribution in [3.63, 3.8) is 0 Å². The molecule has 1 fully saturated rings. The molecule has 0 aromatic heterocycles. The molecule has 30 heavy (non-hydrogen) atoms. The third kappa shape index (κ3) is 5.92. The van der Waals surface area contributed by atoms with Crippen molar-refractivity contribution in [3.8, 4) is 11.8 Å². The fourth-order valence-electron chi connectivity index (χ4n) is 3.24. The molecule has 0 saturated heterocycles. The Hall–Kier alpha value is -3.66. The van der Waals surface area contributed by atoms with Crippen molar-refractivity contribution in [2.75, 3.05) is 11.9 Å². The monoisotopic (exact) mass is 407 g/mol. The second-order valence-corrected chi connectivity index (χ2v) is 7.01. The quantitative estimate of drug-likeness (QED) is 0.539. The van der Waals surface area contributed by atoms with Crippen LogP contribution in [0.3, 0.4) is 0 Å². The maximum absolute atomic E-state index is 12.9. The number of hydrogen-bond acceptors (Lipinski definition) is 4. The van der Waals surface area contributed by atoms with Gasteiger partial charge in [-0.15, -0.1) is 0 Å². The van der Waals surface area contributed by atoms with E-state index in [2.05, 4.69) is 10.6 Å². The summed E-state index contributed by atoms with van der Waals surface area (Å²) in [6, 6.07) is 14.3. The number of nitrogens with zero attached hydrogens (tertiary/aromatic N) is 1. The molecule has 0 atom stereocenters. The molecule has 2 amide bonds. The summed E-state index contributed by atoms with van der Waals surface area (Å²) in [6.45, 7) is -0.279. The predicted octanol–water partition coefficient (Wildman–Crippen LogP) is 3.81. The molecule has 1 aliphatic rings. The van der Waals surface area contributed by atoms with E-state index in [1.54, 1.807) is 24.3 Å². The van der Waals surface area contributed by atoms with Crippen molar-refractivity contribution in [2.45, 2.75) is 31.7 Å². The standard InChI is InChI=1S/C23H22FN3O3/c24-18-9-11-20(12-10-18)26-22(28)15-30-21-8-4-1-5-16(21)13-17(14-25)23(29)27-19-6-2-3-7-19/h1,4-5,8-13,19H,2-3,6-7,15H2,(H,26,28)(H,27,29)/b17-13-. The third-order valence-electron chi connectivity index (χ3n) is 4.76. The Bertz CT molecular complexity index is 974. The summed E-state index contributed by atoms with van der Waals surface area (Å²) in [6.07, 6.45) is 5.46. The molecule has 0 radical (unpaired) electrons. The Morgan fingerprint density at radius 2 is 1.83 bits per heavy atom. The third-order valence-corrected chi connectivity index (χ3v) is 4.76. The number of amides is 2. The first-order chi connectivity index (χ1) is 14.5. The molecule has 2 N–H and O–H groups in total. The number of para-hydroxylation sites is 1. The van der Waals surface area contributed by atoms with Crippen LogP contribution in [0.15, 0.2) is 54.1 Å². The molecule has 0 spiro atoms. The summed E-state index contributed by atoms with van der Waals surface area (Å²) in [5, 5.41) is 14.9. The number of rotatable bonds is 7. The highest BCUT2D eigenvalue weighted by Crippen LogP contribution is 2.22. The molecule has 6 nitrogen and oxygen atoms in total. The topological polar surface area (TPSA) is 91.2 Å². The first-order valence-electron chi connectivity index (χ1n) is 9.75. The molecule has 0 unspecified atom stereocenters. The molecule has 0 aliphatic heterocycles. The lowest BCUT2D eigenvalue weighted by Gasteiger charge is -2.12. The van der Waals surface area contributed by atoms with Gasteiger partial charge in [0.1, 0.15) is 23.2 Å². The highest BCUT2D eigenvalue weighted by atomic mass is 19.1. The normalized spacial score (nSPS) is 14.1. The van der Waals surface area contributed by atoms with Crippen LogP contribution in [0.1, 0.15) is 31.2 Å². The van der Waals surface area contributed by atoms with Gasteiger partial charge in [-0.3, -0.25) is 9.59 Å². The van der Waals surface area contributed by atoms with Gasteiger partial charge in [0, 0.05) is 17.3 Å². The molecule has 2 aromatic carbocycles. The largest absolute Gasteiger partial charge is 0.483 e. The van der Waals surface area contributed by atoms with Crippen LogP contribution in [-0.2, 0) is 9.59 Å².